The van der Waals surface area contributed by atoms with Crippen molar-refractivity contribution in [2.45, 2.75) is 40.2 Å². The molecule has 9 heteroatoms. The topological polar surface area (TPSA) is 84.9 Å². The zero-order valence-corrected chi connectivity index (χ0v) is 21.9. The molecule has 1 heterocycles. The minimum Gasteiger partial charge on any atom is -0.490 e. The van der Waals surface area contributed by atoms with E-state index in [1.807, 2.05) is 45.9 Å². The van der Waals surface area contributed by atoms with Crippen molar-refractivity contribution in [3.63, 3.8) is 0 Å². The number of thioether (sulfide) groups is 1. The van der Waals surface area contributed by atoms with E-state index < -0.39 is 17.1 Å². The molecule has 0 saturated carbocycles. The van der Waals surface area contributed by atoms with Crippen LogP contribution in [0.15, 0.2) is 45.8 Å². The van der Waals surface area contributed by atoms with E-state index in [9.17, 15) is 14.4 Å². The summed E-state index contributed by atoms with van der Waals surface area (Å²) in [5, 5.41) is 2.23. The highest BCUT2D eigenvalue weighted by molar-refractivity contribution is 9.10. The highest BCUT2D eigenvalue weighted by atomic mass is 79.9. The lowest BCUT2D eigenvalue weighted by Gasteiger charge is -2.18. The number of hydrogen-bond acceptors (Lipinski definition) is 6. The van der Waals surface area contributed by atoms with Gasteiger partial charge in [0, 0.05) is 5.69 Å². The average molecular weight is 547 g/mol. The Morgan fingerprint density at radius 1 is 1.24 bits per heavy atom. The zero-order chi connectivity index (χ0) is 24.8. The Morgan fingerprint density at radius 2 is 2.00 bits per heavy atom. The molecule has 1 saturated heterocycles. The molecule has 0 unspecified atom stereocenters. The second kappa shape index (κ2) is 11.6. The SMILES string of the molecule is CCOc1cc(/C=C2\SC(=O)N(CC(=O)Nc3cccc(C)c3)C2=O)cc(Br)c1O[C@@H](C)CC. The maximum Gasteiger partial charge on any atom is 0.294 e. The van der Waals surface area contributed by atoms with Crippen LogP contribution >= 0.6 is 27.7 Å². The molecule has 1 fully saturated rings. The summed E-state index contributed by atoms with van der Waals surface area (Å²) in [5.41, 5.74) is 2.27. The monoisotopic (exact) mass is 546 g/mol. The van der Waals surface area contributed by atoms with Crippen LogP contribution in [0.2, 0.25) is 0 Å². The summed E-state index contributed by atoms with van der Waals surface area (Å²) in [5.74, 6) is 0.180. The predicted octanol–water partition coefficient (Wildman–Crippen LogP) is 6.01. The zero-order valence-electron chi connectivity index (χ0n) is 19.5. The van der Waals surface area contributed by atoms with E-state index in [4.69, 9.17) is 9.47 Å². The Balaban J connectivity index is 1.78. The van der Waals surface area contributed by atoms with E-state index in [1.54, 1.807) is 24.3 Å². The van der Waals surface area contributed by atoms with E-state index in [2.05, 4.69) is 21.2 Å². The second-order valence-corrected chi connectivity index (χ2v) is 9.63. The molecule has 3 rings (SSSR count). The number of carbonyl (C=O) groups is 3. The van der Waals surface area contributed by atoms with Crippen LogP contribution in [0.25, 0.3) is 6.08 Å². The number of ether oxygens (including phenoxy) is 2. The minimum atomic E-state index is -0.511. The third-order valence-corrected chi connectivity index (χ3v) is 6.50. The first-order chi connectivity index (χ1) is 16.2. The van der Waals surface area contributed by atoms with E-state index in [0.717, 1.165) is 28.6 Å². The molecule has 0 aliphatic carbocycles. The van der Waals surface area contributed by atoms with Gasteiger partial charge in [-0.3, -0.25) is 19.3 Å². The number of benzene rings is 2. The normalized spacial score (nSPS) is 15.6. The summed E-state index contributed by atoms with van der Waals surface area (Å²) in [7, 11) is 0. The maximum absolute atomic E-state index is 12.9. The first kappa shape index (κ1) is 25.8. The molecule has 1 N–H and O–H groups in total. The Morgan fingerprint density at radius 3 is 2.68 bits per heavy atom. The van der Waals surface area contributed by atoms with Gasteiger partial charge < -0.3 is 14.8 Å². The van der Waals surface area contributed by atoms with Gasteiger partial charge in [-0.25, -0.2) is 0 Å². The van der Waals surface area contributed by atoms with E-state index in [-0.39, 0.29) is 17.6 Å². The van der Waals surface area contributed by atoms with Crippen LogP contribution in [0.3, 0.4) is 0 Å². The summed E-state index contributed by atoms with van der Waals surface area (Å²) in [6, 6.07) is 10.9. The third-order valence-electron chi connectivity index (χ3n) is 5.00. The van der Waals surface area contributed by atoms with Crippen LogP contribution in [-0.2, 0) is 9.59 Å². The van der Waals surface area contributed by atoms with Crippen molar-refractivity contribution in [3.05, 3.63) is 56.9 Å². The molecular formula is C25H27BrN2O5S. The molecule has 0 spiro atoms. The van der Waals surface area contributed by atoms with Crippen LogP contribution in [0.1, 0.15) is 38.3 Å². The molecule has 7 nitrogen and oxygen atoms in total. The fourth-order valence-electron chi connectivity index (χ4n) is 3.19. The predicted molar refractivity (Wildman–Crippen MR) is 138 cm³/mol. The Bertz CT molecular complexity index is 1130. The van der Waals surface area contributed by atoms with Crippen LogP contribution in [-0.4, -0.2) is 41.2 Å². The third kappa shape index (κ3) is 6.42. The lowest BCUT2D eigenvalue weighted by molar-refractivity contribution is -0.127. The second-order valence-electron chi connectivity index (χ2n) is 7.79. The fraction of sp³-hybridized carbons (Fsp3) is 0.320. The van der Waals surface area contributed by atoms with Gasteiger partial charge in [0.1, 0.15) is 6.54 Å². The van der Waals surface area contributed by atoms with Gasteiger partial charge in [0.2, 0.25) is 5.91 Å². The van der Waals surface area contributed by atoms with Gasteiger partial charge in [0.15, 0.2) is 11.5 Å². The number of imide groups is 1. The summed E-state index contributed by atoms with van der Waals surface area (Å²) < 4.78 is 12.4. The van der Waals surface area contributed by atoms with Crippen LogP contribution in [0.5, 0.6) is 11.5 Å². The summed E-state index contributed by atoms with van der Waals surface area (Å²) in [6.45, 7) is 7.88. The number of halogens is 1. The number of carbonyl (C=O) groups excluding carboxylic acids is 3. The number of nitrogens with zero attached hydrogens (tertiary/aromatic N) is 1. The van der Waals surface area contributed by atoms with Gasteiger partial charge in [-0.05, 0) is 96.4 Å². The Hall–Kier alpha value is -2.78. The van der Waals surface area contributed by atoms with Crippen LogP contribution in [0, 0.1) is 6.92 Å². The largest absolute Gasteiger partial charge is 0.490 e. The first-order valence-corrected chi connectivity index (χ1v) is 12.6. The molecule has 2 aromatic carbocycles. The maximum atomic E-state index is 12.9. The van der Waals surface area contributed by atoms with Gasteiger partial charge in [-0.2, -0.15) is 0 Å². The van der Waals surface area contributed by atoms with Crippen LogP contribution < -0.4 is 14.8 Å². The highest BCUT2D eigenvalue weighted by Crippen LogP contribution is 2.40. The molecule has 1 atom stereocenters. The molecule has 0 aromatic heterocycles. The lowest BCUT2D eigenvalue weighted by atomic mass is 10.1. The van der Waals surface area contributed by atoms with Crippen molar-refractivity contribution < 1.29 is 23.9 Å². The number of aryl methyl sites for hydroxylation is 1. The van der Waals surface area contributed by atoms with E-state index >= 15 is 0 Å². The number of rotatable bonds is 9. The number of amides is 3. The van der Waals surface area contributed by atoms with Crippen molar-refractivity contribution >= 4 is 56.5 Å². The quantitative estimate of drug-likeness (QED) is 0.387. The summed E-state index contributed by atoms with van der Waals surface area (Å²) >= 11 is 4.33. The minimum absolute atomic E-state index is 0.00352. The van der Waals surface area contributed by atoms with Crippen molar-refractivity contribution in [1.82, 2.24) is 4.90 Å². The Kier molecular flexibility index (Phi) is 8.79. The van der Waals surface area contributed by atoms with E-state index in [0.29, 0.717) is 33.8 Å². The van der Waals surface area contributed by atoms with E-state index in [1.165, 1.54) is 0 Å². The molecule has 1 aliphatic heterocycles. The number of nitrogens with one attached hydrogen (secondary N) is 1. The van der Waals surface area contributed by atoms with Crippen LogP contribution in [0.4, 0.5) is 10.5 Å². The first-order valence-electron chi connectivity index (χ1n) is 11.0. The highest BCUT2D eigenvalue weighted by Gasteiger charge is 2.36. The number of hydrogen-bond donors (Lipinski definition) is 1. The molecule has 0 radical (unpaired) electrons. The molecule has 180 valence electrons. The molecule has 1 aliphatic rings. The van der Waals surface area contributed by atoms with Gasteiger partial charge in [-0.15, -0.1) is 0 Å². The standard InChI is InChI=1S/C25H27BrN2O5S/c1-5-16(4)33-23-19(26)11-17(12-20(23)32-6-2)13-21-24(30)28(25(31)34-21)14-22(29)27-18-9-7-8-15(3)10-18/h7-13,16H,5-6,14H2,1-4H3,(H,27,29)/b21-13-/t16-/m0/s1. The van der Waals surface area contributed by atoms with Crippen molar-refractivity contribution in [3.8, 4) is 11.5 Å². The van der Waals surface area contributed by atoms with Gasteiger partial charge in [0.05, 0.1) is 22.1 Å². The lowest BCUT2D eigenvalue weighted by Crippen LogP contribution is -2.36. The van der Waals surface area contributed by atoms with Gasteiger partial charge in [-0.1, -0.05) is 19.1 Å². The molecular weight excluding hydrogens is 520 g/mol. The average Bonchev–Trinajstić information content (AvgIpc) is 3.03. The fourth-order valence-corrected chi connectivity index (χ4v) is 4.58. The van der Waals surface area contributed by atoms with Gasteiger partial charge in [0.25, 0.3) is 11.1 Å². The molecule has 34 heavy (non-hydrogen) atoms. The van der Waals surface area contributed by atoms with Gasteiger partial charge >= 0.3 is 0 Å². The number of anilines is 1. The summed E-state index contributed by atoms with van der Waals surface area (Å²) in [4.78, 5) is 38.9. The summed E-state index contributed by atoms with van der Waals surface area (Å²) in [6.07, 6.45) is 2.46. The smallest absolute Gasteiger partial charge is 0.294 e. The molecule has 0 bridgehead atoms. The van der Waals surface area contributed by atoms with Crippen molar-refractivity contribution in [2.75, 3.05) is 18.5 Å². The van der Waals surface area contributed by atoms with Crippen molar-refractivity contribution in [1.29, 1.82) is 0 Å². The molecule has 2 aromatic rings. The molecule has 3 amide bonds. The Labute approximate surface area is 212 Å². The van der Waals surface area contributed by atoms with Crippen molar-refractivity contribution in [2.24, 2.45) is 0 Å².